The van der Waals surface area contributed by atoms with E-state index >= 15 is 0 Å². The molecule has 4 rings (SSSR count). The maximum absolute atomic E-state index is 14.5. The van der Waals surface area contributed by atoms with Gasteiger partial charge < -0.3 is 20.1 Å². The van der Waals surface area contributed by atoms with Gasteiger partial charge in [0.2, 0.25) is 5.88 Å². The molecule has 1 aliphatic rings. The molecule has 1 aliphatic heterocycles. The number of fused-ring (bicyclic) bond motifs is 1. The van der Waals surface area contributed by atoms with Gasteiger partial charge in [-0.15, -0.1) is 12.4 Å². The van der Waals surface area contributed by atoms with Gasteiger partial charge in [-0.05, 0) is 18.1 Å². The molecule has 0 bridgehead atoms. The van der Waals surface area contributed by atoms with Crippen LogP contribution in [0.2, 0.25) is 0 Å². The Morgan fingerprint density at radius 3 is 2.77 bits per heavy atom. The number of hydrogen-bond donors (Lipinski definition) is 2. The predicted octanol–water partition coefficient (Wildman–Crippen LogP) is 2.82. The van der Waals surface area contributed by atoms with Gasteiger partial charge in [0.05, 0.1) is 30.4 Å². The van der Waals surface area contributed by atoms with Gasteiger partial charge in [-0.25, -0.2) is 9.37 Å². The molecular weight excluding hydrogens is 419 g/mol. The number of hydrogen-bond acceptors (Lipinski definition) is 6. The number of halogens is 2. The van der Waals surface area contributed by atoms with Crippen LogP contribution in [-0.2, 0) is 13.0 Å². The number of nitrogens with zero attached hydrogens (tertiary/aromatic N) is 3. The van der Waals surface area contributed by atoms with Crippen LogP contribution in [0.5, 0.6) is 5.88 Å². The second-order valence-corrected chi connectivity index (χ2v) is 7.76. The molecule has 2 unspecified atom stereocenters. The van der Waals surface area contributed by atoms with Gasteiger partial charge in [-0.2, -0.15) is 0 Å². The Labute approximate surface area is 187 Å². The fourth-order valence-electron chi connectivity index (χ4n) is 4.02. The lowest BCUT2D eigenvalue weighted by Crippen LogP contribution is -2.30. The van der Waals surface area contributed by atoms with Crippen LogP contribution in [-0.4, -0.2) is 59.4 Å². The van der Waals surface area contributed by atoms with E-state index in [1.54, 1.807) is 12.1 Å². The third kappa shape index (κ3) is 5.68. The fraction of sp³-hybridized carbons (Fsp3) is 0.391. The molecule has 3 heterocycles. The van der Waals surface area contributed by atoms with E-state index in [9.17, 15) is 9.50 Å². The van der Waals surface area contributed by atoms with Gasteiger partial charge in [-0.1, -0.05) is 30.3 Å². The molecular formula is C23H28ClFN4O2. The number of pyridine rings is 2. The van der Waals surface area contributed by atoms with Crippen LogP contribution in [0.25, 0.3) is 11.0 Å². The van der Waals surface area contributed by atoms with E-state index < -0.39 is 0 Å². The van der Waals surface area contributed by atoms with Crippen LogP contribution in [0.4, 0.5) is 4.39 Å². The number of rotatable bonds is 8. The van der Waals surface area contributed by atoms with E-state index in [4.69, 9.17) is 4.74 Å². The molecule has 2 aromatic heterocycles. The Bertz CT molecular complexity index is 992. The second kappa shape index (κ2) is 10.8. The van der Waals surface area contributed by atoms with Gasteiger partial charge in [0.1, 0.15) is 5.82 Å². The Morgan fingerprint density at radius 2 is 2.00 bits per heavy atom. The van der Waals surface area contributed by atoms with Crippen molar-refractivity contribution < 1.29 is 14.2 Å². The molecule has 0 aliphatic carbocycles. The Balaban J connectivity index is 0.00000272. The third-order valence-corrected chi connectivity index (χ3v) is 5.69. The minimum atomic E-state index is -0.384. The first kappa shape index (κ1) is 23.3. The van der Waals surface area contributed by atoms with E-state index in [2.05, 4.69) is 32.3 Å². The Morgan fingerprint density at radius 1 is 1.19 bits per heavy atom. The van der Waals surface area contributed by atoms with Crippen molar-refractivity contribution in [3.05, 3.63) is 65.6 Å². The van der Waals surface area contributed by atoms with Crippen molar-refractivity contribution in [3.63, 3.8) is 0 Å². The number of aliphatic hydroxyl groups excluding tert-OH is 1. The molecule has 0 amide bonds. The Kier molecular flexibility index (Phi) is 8.15. The largest absolute Gasteiger partial charge is 0.481 e. The molecule has 1 fully saturated rings. The highest BCUT2D eigenvalue weighted by molar-refractivity contribution is 5.85. The summed E-state index contributed by atoms with van der Waals surface area (Å²) in [6, 6.07) is 13.7. The number of benzene rings is 1. The highest BCUT2D eigenvalue weighted by atomic mass is 35.5. The summed E-state index contributed by atoms with van der Waals surface area (Å²) in [7, 11) is 1.54. The molecule has 3 aromatic rings. The molecule has 166 valence electrons. The van der Waals surface area contributed by atoms with E-state index in [0.717, 1.165) is 19.6 Å². The van der Waals surface area contributed by atoms with Crippen LogP contribution in [0.3, 0.4) is 0 Å². The molecule has 8 heteroatoms. The number of methoxy groups -OCH3 is 1. The van der Waals surface area contributed by atoms with Gasteiger partial charge in [0.25, 0.3) is 0 Å². The first-order valence-electron chi connectivity index (χ1n) is 10.3. The number of β-amino-alcohol motifs (C(OH)–C–C–N with tert-alkyl or cyclic N) is 1. The van der Waals surface area contributed by atoms with Crippen molar-refractivity contribution in [2.75, 3.05) is 33.3 Å². The van der Waals surface area contributed by atoms with Gasteiger partial charge in [-0.3, -0.25) is 4.98 Å². The standard InChI is InChI=1S/C23H27FN4O2.ClH/c1-30-22-8-7-20-23(27-22)18(19(24)13-26-20)9-10-28-14-17(21(29)15-28)12-25-11-16-5-3-2-4-6-16;/h2-8,13,17,21,25,29H,9-12,14-15H2,1H3;1H. The van der Waals surface area contributed by atoms with Crippen molar-refractivity contribution in [2.45, 2.75) is 19.1 Å². The topological polar surface area (TPSA) is 70.5 Å². The van der Waals surface area contributed by atoms with E-state index in [0.29, 0.717) is 42.0 Å². The highest BCUT2D eigenvalue weighted by Gasteiger charge is 2.30. The highest BCUT2D eigenvalue weighted by Crippen LogP contribution is 2.23. The third-order valence-electron chi connectivity index (χ3n) is 5.69. The van der Waals surface area contributed by atoms with Crippen molar-refractivity contribution in [2.24, 2.45) is 5.92 Å². The lowest BCUT2D eigenvalue weighted by Gasteiger charge is -2.17. The lowest BCUT2D eigenvalue weighted by molar-refractivity contribution is 0.140. The summed E-state index contributed by atoms with van der Waals surface area (Å²) in [6.07, 6.45) is 1.37. The first-order chi connectivity index (χ1) is 14.6. The minimum Gasteiger partial charge on any atom is -0.481 e. The van der Waals surface area contributed by atoms with E-state index in [1.165, 1.54) is 18.9 Å². The molecule has 6 nitrogen and oxygen atoms in total. The van der Waals surface area contributed by atoms with Crippen molar-refractivity contribution in [1.29, 1.82) is 0 Å². The maximum atomic E-state index is 14.5. The number of aromatic nitrogens is 2. The monoisotopic (exact) mass is 446 g/mol. The van der Waals surface area contributed by atoms with E-state index in [1.807, 2.05) is 18.2 Å². The average Bonchev–Trinajstić information content (AvgIpc) is 3.12. The summed E-state index contributed by atoms with van der Waals surface area (Å²) < 4.78 is 19.7. The Hall–Kier alpha value is -2.32. The van der Waals surface area contributed by atoms with Crippen molar-refractivity contribution >= 4 is 23.4 Å². The second-order valence-electron chi connectivity index (χ2n) is 7.76. The van der Waals surface area contributed by atoms with Gasteiger partial charge in [0, 0.05) is 50.3 Å². The molecule has 31 heavy (non-hydrogen) atoms. The molecule has 1 aromatic carbocycles. The minimum absolute atomic E-state index is 0. The number of aliphatic hydroxyl groups is 1. The van der Waals surface area contributed by atoms with Crippen LogP contribution in [0, 0.1) is 11.7 Å². The summed E-state index contributed by atoms with van der Waals surface area (Å²) in [4.78, 5) is 10.7. The maximum Gasteiger partial charge on any atom is 0.213 e. The van der Waals surface area contributed by atoms with Crippen molar-refractivity contribution in [3.8, 4) is 5.88 Å². The summed E-state index contributed by atoms with van der Waals surface area (Å²) in [6.45, 7) is 3.56. The molecule has 0 spiro atoms. The summed E-state index contributed by atoms with van der Waals surface area (Å²) >= 11 is 0. The smallest absolute Gasteiger partial charge is 0.213 e. The quantitative estimate of drug-likeness (QED) is 0.554. The zero-order valence-corrected chi connectivity index (χ0v) is 18.3. The SMILES string of the molecule is COc1ccc2ncc(F)c(CCN3CC(O)C(CNCc4ccccc4)C3)c2n1.Cl. The molecule has 0 radical (unpaired) electrons. The zero-order chi connectivity index (χ0) is 20.9. The number of likely N-dealkylation sites (tertiary alicyclic amines) is 1. The van der Waals surface area contributed by atoms with Gasteiger partial charge >= 0.3 is 0 Å². The predicted molar refractivity (Wildman–Crippen MR) is 121 cm³/mol. The first-order valence-corrected chi connectivity index (χ1v) is 10.3. The van der Waals surface area contributed by atoms with Crippen LogP contribution in [0.15, 0.2) is 48.7 Å². The molecule has 2 atom stereocenters. The van der Waals surface area contributed by atoms with E-state index in [-0.39, 0.29) is 30.2 Å². The number of nitrogens with one attached hydrogen (secondary N) is 1. The van der Waals surface area contributed by atoms with Gasteiger partial charge in [0.15, 0.2) is 0 Å². The summed E-state index contributed by atoms with van der Waals surface area (Å²) in [5, 5.41) is 13.9. The fourth-order valence-corrected chi connectivity index (χ4v) is 4.02. The normalized spacial score (nSPS) is 18.8. The van der Waals surface area contributed by atoms with Crippen LogP contribution in [0.1, 0.15) is 11.1 Å². The summed E-state index contributed by atoms with van der Waals surface area (Å²) in [5.74, 6) is 0.243. The number of ether oxygens (including phenoxy) is 1. The molecule has 1 saturated heterocycles. The molecule has 2 N–H and O–H groups in total. The average molecular weight is 447 g/mol. The molecule has 0 saturated carbocycles. The zero-order valence-electron chi connectivity index (χ0n) is 17.5. The van der Waals surface area contributed by atoms with Crippen LogP contribution < -0.4 is 10.1 Å². The van der Waals surface area contributed by atoms with Crippen LogP contribution >= 0.6 is 12.4 Å². The van der Waals surface area contributed by atoms with Crippen molar-refractivity contribution in [1.82, 2.24) is 20.2 Å². The summed E-state index contributed by atoms with van der Waals surface area (Å²) in [5.41, 5.74) is 2.95. The lowest BCUT2D eigenvalue weighted by atomic mass is 10.1.